The van der Waals surface area contributed by atoms with Gasteiger partial charge >= 0.3 is 5.97 Å². The molecule has 14 heavy (non-hydrogen) atoms. The fourth-order valence-corrected chi connectivity index (χ4v) is 1.96. The molecular weight excluding hydrogens is 182 g/mol. The Morgan fingerprint density at radius 3 is 2.71 bits per heavy atom. The van der Waals surface area contributed by atoms with Crippen LogP contribution in [0.2, 0.25) is 0 Å². The highest BCUT2D eigenvalue weighted by Crippen LogP contribution is 2.21. The van der Waals surface area contributed by atoms with E-state index in [0.717, 1.165) is 36.4 Å². The second-order valence-electron chi connectivity index (χ2n) is 3.53. The van der Waals surface area contributed by atoms with E-state index < -0.39 is 5.97 Å². The molecule has 1 saturated heterocycles. The molecule has 0 aliphatic carbocycles. The summed E-state index contributed by atoms with van der Waals surface area (Å²) in [5.74, 6) is -0.880. The average Bonchev–Trinajstić information content (AvgIpc) is 2.18. The van der Waals surface area contributed by atoms with Gasteiger partial charge in [-0.1, -0.05) is 0 Å². The highest BCUT2D eigenvalue weighted by Gasteiger charge is 2.33. The molecule has 0 spiro atoms. The van der Waals surface area contributed by atoms with E-state index in [1.165, 1.54) is 6.08 Å². The third-order valence-electron chi connectivity index (χ3n) is 3.02. The normalized spacial score (nSPS) is 23.7. The fraction of sp³-hybridized carbons (Fsp3) is 0.700. The van der Waals surface area contributed by atoms with Crippen molar-refractivity contribution < 1.29 is 19.1 Å². The van der Waals surface area contributed by atoms with Crippen molar-refractivity contribution in [2.24, 2.45) is 0 Å². The molecule has 1 aliphatic heterocycles. The zero-order valence-corrected chi connectivity index (χ0v) is 8.82. The van der Waals surface area contributed by atoms with Gasteiger partial charge in [-0.3, -0.25) is 4.48 Å². The van der Waals surface area contributed by atoms with E-state index in [2.05, 4.69) is 13.8 Å². The Hall–Kier alpha value is -0.870. The Bertz CT molecular complexity index is 244. The molecule has 80 valence electrons. The largest absolute Gasteiger partial charge is 0.478 e. The van der Waals surface area contributed by atoms with Gasteiger partial charge in [0.2, 0.25) is 0 Å². The molecule has 0 radical (unpaired) electrons. The lowest BCUT2D eigenvalue weighted by Gasteiger charge is -2.40. The van der Waals surface area contributed by atoms with Crippen molar-refractivity contribution >= 4 is 5.97 Å². The zero-order chi connectivity index (χ0) is 10.6. The summed E-state index contributed by atoms with van der Waals surface area (Å²) in [5, 5.41) is 8.75. The van der Waals surface area contributed by atoms with Gasteiger partial charge in [0.15, 0.2) is 0 Å². The monoisotopic (exact) mass is 200 g/mol. The molecule has 1 aliphatic rings. The Kier molecular flexibility index (Phi) is 3.66. The predicted molar refractivity (Wildman–Crippen MR) is 52.7 cm³/mol. The number of rotatable bonds is 3. The number of ether oxygens (including phenoxy) is 1. The van der Waals surface area contributed by atoms with Crippen LogP contribution in [0, 0.1) is 0 Å². The zero-order valence-electron chi connectivity index (χ0n) is 8.82. The van der Waals surface area contributed by atoms with Gasteiger partial charge in [0, 0.05) is 0 Å². The van der Waals surface area contributed by atoms with E-state index >= 15 is 0 Å². The van der Waals surface area contributed by atoms with Crippen LogP contribution in [0.15, 0.2) is 11.8 Å². The molecular formula is C10H18NO3+. The SMILES string of the molecule is CC[N+]1(CC)CCOCC1=CC(=O)O. The molecule has 0 saturated carbocycles. The van der Waals surface area contributed by atoms with Gasteiger partial charge in [0.1, 0.15) is 18.8 Å². The van der Waals surface area contributed by atoms with E-state index in [4.69, 9.17) is 9.84 Å². The summed E-state index contributed by atoms with van der Waals surface area (Å²) < 4.78 is 6.05. The summed E-state index contributed by atoms with van der Waals surface area (Å²) in [5.41, 5.74) is 0.883. The summed E-state index contributed by atoms with van der Waals surface area (Å²) in [4.78, 5) is 10.6. The van der Waals surface area contributed by atoms with Gasteiger partial charge in [0.05, 0.1) is 25.8 Å². The summed E-state index contributed by atoms with van der Waals surface area (Å²) in [6.45, 7) is 8.09. The second kappa shape index (κ2) is 4.57. The van der Waals surface area contributed by atoms with Crippen molar-refractivity contribution in [3.63, 3.8) is 0 Å². The Morgan fingerprint density at radius 1 is 1.57 bits per heavy atom. The van der Waals surface area contributed by atoms with E-state index in [0.29, 0.717) is 6.61 Å². The number of aliphatic carboxylic acids is 1. The molecule has 4 nitrogen and oxygen atoms in total. The first-order chi connectivity index (χ1) is 6.64. The molecule has 0 aromatic carbocycles. The van der Waals surface area contributed by atoms with Crippen LogP contribution in [-0.4, -0.2) is 48.4 Å². The van der Waals surface area contributed by atoms with Crippen molar-refractivity contribution in [3.8, 4) is 0 Å². The van der Waals surface area contributed by atoms with Crippen molar-refractivity contribution in [2.45, 2.75) is 13.8 Å². The summed E-state index contributed by atoms with van der Waals surface area (Å²) in [6, 6.07) is 0. The number of carbonyl (C=O) groups is 1. The first-order valence-corrected chi connectivity index (χ1v) is 5.02. The molecule has 0 amide bonds. The van der Waals surface area contributed by atoms with Gasteiger partial charge in [-0.25, -0.2) is 4.79 Å². The van der Waals surface area contributed by atoms with Crippen molar-refractivity contribution in [1.82, 2.24) is 0 Å². The summed E-state index contributed by atoms with van der Waals surface area (Å²) in [7, 11) is 0. The Balaban J connectivity index is 2.92. The maximum absolute atomic E-state index is 10.6. The van der Waals surface area contributed by atoms with E-state index in [9.17, 15) is 4.79 Å². The Labute approximate surface area is 84.4 Å². The highest BCUT2D eigenvalue weighted by atomic mass is 16.5. The number of morpholine rings is 1. The molecule has 4 heteroatoms. The van der Waals surface area contributed by atoms with Gasteiger partial charge in [0.25, 0.3) is 0 Å². The molecule has 1 N–H and O–H groups in total. The van der Waals surface area contributed by atoms with Crippen molar-refractivity contribution in [2.75, 3.05) is 32.8 Å². The smallest absolute Gasteiger partial charge is 0.334 e. The number of carboxylic acid groups (broad SMARTS) is 1. The lowest BCUT2D eigenvalue weighted by atomic mass is 10.2. The second-order valence-corrected chi connectivity index (χ2v) is 3.53. The van der Waals surface area contributed by atoms with Gasteiger partial charge in [-0.2, -0.15) is 0 Å². The third-order valence-corrected chi connectivity index (χ3v) is 3.02. The number of hydrogen-bond donors (Lipinski definition) is 1. The lowest BCUT2D eigenvalue weighted by molar-refractivity contribution is -0.896. The molecule has 1 rings (SSSR count). The van der Waals surface area contributed by atoms with Crippen LogP contribution < -0.4 is 0 Å². The van der Waals surface area contributed by atoms with E-state index in [-0.39, 0.29) is 0 Å². The number of quaternary nitrogens is 1. The number of hydrogen-bond acceptors (Lipinski definition) is 2. The minimum Gasteiger partial charge on any atom is -0.478 e. The van der Waals surface area contributed by atoms with Crippen LogP contribution in [0.4, 0.5) is 0 Å². The highest BCUT2D eigenvalue weighted by molar-refractivity contribution is 5.80. The van der Waals surface area contributed by atoms with E-state index in [1.807, 2.05) is 0 Å². The minimum atomic E-state index is -0.880. The molecule has 0 unspecified atom stereocenters. The van der Waals surface area contributed by atoms with Crippen LogP contribution in [0.5, 0.6) is 0 Å². The van der Waals surface area contributed by atoms with Crippen LogP contribution in [0.1, 0.15) is 13.8 Å². The molecule has 0 aromatic rings. The average molecular weight is 200 g/mol. The van der Waals surface area contributed by atoms with Crippen LogP contribution >= 0.6 is 0 Å². The summed E-state index contributed by atoms with van der Waals surface area (Å²) >= 11 is 0. The maximum atomic E-state index is 10.6. The molecule has 1 heterocycles. The van der Waals surface area contributed by atoms with Crippen molar-refractivity contribution in [3.05, 3.63) is 11.8 Å². The lowest BCUT2D eigenvalue weighted by Crippen LogP contribution is -2.53. The first-order valence-electron chi connectivity index (χ1n) is 5.02. The fourth-order valence-electron chi connectivity index (χ4n) is 1.96. The predicted octanol–water partition coefficient (Wildman–Crippen LogP) is 0.842. The molecule has 0 bridgehead atoms. The van der Waals surface area contributed by atoms with Crippen LogP contribution in [-0.2, 0) is 9.53 Å². The minimum absolute atomic E-state index is 0.452. The number of carboxylic acids is 1. The van der Waals surface area contributed by atoms with E-state index in [1.54, 1.807) is 0 Å². The van der Waals surface area contributed by atoms with Crippen LogP contribution in [0.3, 0.4) is 0 Å². The molecule has 0 atom stereocenters. The molecule has 0 aromatic heterocycles. The number of nitrogens with zero attached hydrogens (tertiary/aromatic N) is 1. The Morgan fingerprint density at radius 2 is 2.21 bits per heavy atom. The van der Waals surface area contributed by atoms with Gasteiger partial charge < -0.3 is 9.84 Å². The molecule has 1 fully saturated rings. The standard InChI is InChI=1S/C10H17NO3/c1-3-11(4-2)5-6-14-8-9(11)7-10(12)13/h7H,3-6,8H2,1-2H3/p+1. The van der Waals surface area contributed by atoms with Crippen LogP contribution in [0.25, 0.3) is 0 Å². The topological polar surface area (TPSA) is 46.5 Å². The summed E-state index contributed by atoms with van der Waals surface area (Å²) in [6.07, 6.45) is 1.30. The van der Waals surface area contributed by atoms with Crippen molar-refractivity contribution in [1.29, 1.82) is 0 Å². The van der Waals surface area contributed by atoms with Gasteiger partial charge in [-0.15, -0.1) is 0 Å². The quantitative estimate of drug-likeness (QED) is 0.542. The van der Waals surface area contributed by atoms with Gasteiger partial charge in [-0.05, 0) is 13.8 Å². The third kappa shape index (κ3) is 2.13. The maximum Gasteiger partial charge on any atom is 0.334 e. The first kappa shape index (κ1) is 11.2. The number of likely N-dealkylation sites (N-methyl/N-ethyl adjacent to an activating group) is 1.